The van der Waals surface area contributed by atoms with E-state index in [4.69, 9.17) is 9.47 Å². The van der Waals surface area contributed by atoms with Crippen molar-refractivity contribution >= 4 is 17.8 Å². The number of benzene rings is 1. The summed E-state index contributed by atoms with van der Waals surface area (Å²) in [4.78, 5) is 34.7. The maximum Gasteiger partial charge on any atom is 0.305 e. The average molecular weight is 347 g/mol. The van der Waals surface area contributed by atoms with Gasteiger partial charge in [-0.3, -0.25) is 19.7 Å². The Morgan fingerprint density at radius 3 is 2.84 bits per heavy atom. The first-order valence-electron chi connectivity index (χ1n) is 8.82. The highest BCUT2D eigenvalue weighted by Gasteiger charge is 2.27. The van der Waals surface area contributed by atoms with E-state index in [-0.39, 0.29) is 23.7 Å². The highest BCUT2D eigenvalue weighted by molar-refractivity contribution is 6.00. The van der Waals surface area contributed by atoms with Crippen molar-refractivity contribution in [3.63, 3.8) is 0 Å². The Kier molecular flexibility index (Phi) is 7.44. The average Bonchev–Trinajstić information content (AvgIpc) is 2.59. The summed E-state index contributed by atoms with van der Waals surface area (Å²) in [5.41, 5.74) is 0.835. The van der Waals surface area contributed by atoms with Gasteiger partial charge in [0.05, 0.1) is 19.1 Å². The molecule has 25 heavy (non-hydrogen) atoms. The van der Waals surface area contributed by atoms with Crippen molar-refractivity contribution in [2.24, 2.45) is 0 Å². The van der Waals surface area contributed by atoms with Gasteiger partial charge in [-0.05, 0) is 37.0 Å². The van der Waals surface area contributed by atoms with Crippen LogP contribution in [0.5, 0.6) is 5.75 Å². The molecule has 1 aromatic carbocycles. The van der Waals surface area contributed by atoms with Crippen molar-refractivity contribution in [3.05, 3.63) is 29.8 Å². The maximum atomic E-state index is 11.9. The molecule has 1 atom stereocenters. The Morgan fingerprint density at radius 1 is 1.24 bits per heavy atom. The smallest absolute Gasteiger partial charge is 0.305 e. The summed E-state index contributed by atoms with van der Waals surface area (Å²) in [7, 11) is 0. The Morgan fingerprint density at radius 2 is 2.08 bits per heavy atom. The van der Waals surface area contributed by atoms with Crippen LogP contribution in [0.1, 0.15) is 56.9 Å². The van der Waals surface area contributed by atoms with Gasteiger partial charge in [0.15, 0.2) is 0 Å². The van der Waals surface area contributed by atoms with Crippen LogP contribution in [0.2, 0.25) is 0 Å². The van der Waals surface area contributed by atoms with Gasteiger partial charge in [0, 0.05) is 12.8 Å². The highest BCUT2D eigenvalue weighted by atomic mass is 16.5. The van der Waals surface area contributed by atoms with Crippen LogP contribution in [0.3, 0.4) is 0 Å². The molecular formula is C19H25NO5. The fourth-order valence-electron chi connectivity index (χ4n) is 2.64. The molecule has 2 amide bonds. The number of carbonyl (C=O) groups is 3. The predicted molar refractivity (Wildman–Crippen MR) is 92.2 cm³/mol. The largest absolute Gasteiger partial charge is 0.494 e. The van der Waals surface area contributed by atoms with Gasteiger partial charge < -0.3 is 9.47 Å². The van der Waals surface area contributed by atoms with Crippen molar-refractivity contribution < 1.29 is 23.9 Å². The lowest BCUT2D eigenvalue weighted by Gasteiger charge is -2.21. The number of carbonyl (C=O) groups excluding carboxylic acids is 3. The second-order valence-electron chi connectivity index (χ2n) is 6.10. The van der Waals surface area contributed by atoms with Crippen LogP contribution < -0.4 is 10.1 Å². The van der Waals surface area contributed by atoms with Gasteiger partial charge >= 0.3 is 5.97 Å². The molecule has 1 N–H and O–H groups in total. The van der Waals surface area contributed by atoms with E-state index in [0.717, 1.165) is 18.4 Å². The lowest BCUT2D eigenvalue weighted by Crippen LogP contribution is -2.39. The minimum absolute atomic E-state index is 0.200. The first-order valence-corrected chi connectivity index (χ1v) is 8.82. The number of ether oxygens (including phenoxy) is 2. The number of nitrogens with one attached hydrogen (secondary N) is 1. The van der Waals surface area contributed by atoms with E-state index in [9.17, 15) is 14.4 Å². The van der Waals surface area contributed by atoms with Gasteiger partial charge in [0.2, 0.25) is 11.8 Å². The number of imide groups is 1. The number of hydrogen-bond donors (Lipinski definition) is 1. The van der Waals surface area contributed by atoms with Crippen LogP contribution in [0.4, 0.5) is 0 Å². The molecule has 1 heterocycles. The van der Waals surface area contributed by atoms with Gasteiger partial charge in [0.1, 0.15) is 5.75 Å². The van der Waals surface area contributed by atoms with Crippen LogP contribution >= 0.6 is 0 Å². The first kappa shape index (κ1) is 19.0. The molecule has 2 rings (SSSR count). The number of unbranched alkanes of at least 4 members (excludes halogenated alkanes) is 1. The van der Waals surface area contributed by atoms with E-state index in [1.807, 2.05) is 31.2 Å². The van der Waals surface area contributed by atoms with Crippen LogP contribution in [-0.2, 0) is 19.1 Å². The van der Waals surface area contributed by atoms with E-state index < -0.39 is 0 Å². The van der Waals surface area contributed by atoms with Gasteiger partial charge in [-0.15, -0.1) is 0 Å². The molecule has 1 saturated heterocycles. The van der Waals surface area contributed by atoms with E-state index >= 15 is 0 Å². The highest BCUT2D eigenvalue weighted by Crippen LogP contribution is 2.27. The Hall–Kier alpha value is -2.37. The van der Waals surface area contributed by atoms with Gasteiger partial charge in [-0.2, -0.15) is 0 Å². The summed E-state index contributed by atoms with van der Waals surface area (Å²) in [6.07, 6.45) is 3.65. The molecule has 0 bridgehead atoms. The molecular weight excluding hydrogens is 322 g/mol. The van der Waals surface area contributed by atoms with Crippen molar-refractivity contribution in [2.45, 2.75) is 51.4 Å². The lowest BCUT2D eigenvalue weighted by atomic mass is 9.90. The second-order valence-corrected chi connectivity index (χ2v) is 6.10. The molecule has 1 aliphatic rings. The standard InChI is InChI=1S/C19H25NO5/c1-2-3-11-25-18(22)8-5-12-24-15-7-4-6-14(13-15)16-9-10-17(21)20-19(16)23/h4,6-7,13,16H,2-3,5,8-12H2,1H3,(H,20,21,23). The Balaban J connectivity index is 1.77. The van der Waals surface area contributed by atoms with Crippen LogP contribution in [-0.4, -0.2) is 31.0 Å². The zero-order valence-electron chi connectivity index (χ0n) is 14.6. The summed E-state index contributed by atoms with van der Waals surface area (Å²) >= 11 is 0. The Labute approximate surface area is 147 Å². The van der Waals surface area contributed by atoms with Crippen LogP contribution in [0.15, 0.2) is 24.3 Å². The van der Waals surface area contributed by atoms with Gasteiger partial charge in [-0.25, -0.2) is 0 Å². The molecule has 6 nitrogen and oxygen atoms in total. The molecule has 1 fully saturated rings. The fourth-order valence-corrected chi connectivity index (χ4v) is 2.64. The third-order valence-corrected chi connectivity index (χ3v) is 4.05. The molecule has 1 unspecified atom stereocenters. The van der Waals surface area contributed by atoms with Crippen molar-refractivity contribution in [1.82, 2.24) is 5.32 Å². The normalized spacial score (nSPS) is 17.1. The number of piperidine rings is 1. The maximum absolute atomic E-state index is 11.9. The summed E-state index contributed by atoms with van der Waals surface area (Å²) in [5.74, 6) is -0.353. The predicted octanol–water partition coefficient (Wildman–Crippen LogP) is 2.71. The monoisotopic (exact) mass is 347 g/mol. The van der Waals surface area contributed by atoms with E-state index in [2.05, 4.69) is 5.32 Å². The number of amides is 2. The molecule has 1 aromatic rings. The quantitative estimate of drug-likeness (QED) is 0.422. The van der Waals surface area contributed by atoms with Gasteiger partial charge in [-0.1, -0.05) is 25.5 Å². The second kappa shape index (κ2) is 9.81. The molecule has 1 aliphatic heterocycles. The topological polar surface area (TPSA) is 81.7 Å². The minimum atomic E-state index is -0.324. The molecule has 0 aromatic heterocycles. The first-order chi connectivity index (χ1) is 12.1. The Bertz CT molecular complexity index is 614. The SMILES string of the molecule is CCCCOC(=O)CCCOc1cccc(C2CCC(=O)NC2=O)c1. The third kappa shape index (κ3) is 6.21. The van der Waals surface area contributed by atoms with Crippen molar-refractivity contribution in [2.75, 3.05) is 13.2 Å². The molecule has 0 spiro atoms. The summed E-state index contributed by atoms with van der Waals surface area (Å²) < 4.78 is 10.8. The van der Waals surface area contributed by atoms with Crippen LogP contribution in [0, 0.1) is 0 Å². The summed E-state index contributed by atoms with van der Waals surface area (Å²) in [6, 6.07) is 7.32. The third-order valence-electron chi connectivity index (χ3n) is 4.05. The fraction of sp³-hybridized carbons (Fsp3) is 0.526. The van der Waals surface area contributed by atoms with Gasteiger partial charge in [0.25, 0.3) is 0 Å². The van der Waals surface area contributed by atoms with E-state index in [1.54, 1.807) is 0 Å². The summed E-state index contributed by atoms with van der Waals surface area (Å²) in [6.45, 7) is 2.93. The lowest BCUT2D eigenvalue weighted by molar-refractivity contribution is -0.144. The zero-order valence-corrected chi connectivity index (χ0v) is 14.6. The summed E-state index contributed by atoms with van der Waals surface area (Å²) in [5, 5.41) is 2.36. The van der Waals surface area contributed by atoms with Crippen molar-refractivity contribution in [3.8, 4) is 5.75 Å². The molecule has 6 heteroatoms. The van der Waals surface area contributed by atoms with Crippen molar-refractivity contribution in [1.29, 1.82) is 0 Å². The molecule has 0 saturated carbocycles. The van der Waals surface area contributed by atoms with Crippen LogP contribution in [0.25, 0.3) is 0 Å². The number of esters is 1. The van der Waals surface area contributed by atoms with E-state index in [1.165, 1.54) is 0 Å². The number of rotatable bonds is 9. The van der Waals surface area contributed by atoms with E-state index in [0.29, 0.717) is 44.6 Å². The zero-order chi connectivity index (χ0) is 18.1. The molecule has 0 radical (unpaired) electrons. The molecule has 0 aliphatic carbocycles. The minimum Gasteiger partial charge on any atom is -0.494 e. The number of hydrogen-bond acceptors (Lipinski definition) is 5. The molecule has 136 valence electrons.